The predicted molar refractivity (Wildman–Crippen MR) is 83.4 cm³/mol. The highest BCUT2D eigenvalue weighted by molar-refractivity contribution is 7.10. The lowest BCUT2D eigenvalue weighted by Crippen LogP contribution is -2.26. The van der Waals surface area contributed by atoms with E-state index in [4.69, 9.17) is 5.11 Å². The predicted octanol–water partition coefficient (Wildman–Crippen LogP) is 1.78. The van der Waals surface area contributed by atoms with Crippen LogP contribution >= 0.6 is 22.9 Å². The van der Waals surface area contributed by atoms with E-state index in [0.717, 1.165) is 27.7 Å². The number of hydrogen-bond acceptors (Lipinski definition) is 6. The van der Waals surface area contributed by atoms with E-state index in [-0.39, 0.29) is 12.5 Å². The molecule has 0 aliphatic rings. The molecule has 5 nitrogen and oxygen atoms in total. The van der Waals surface area contributed by atoms with Crippen LogP contribution in [0.4, 0.5) is 0 Å². The number of aliphatic hydroxyl groups excluding tert-OH is 1. The molecule has 0 fully saturated rings. The highest BCUT2D eigenvalue weighted by atomic mass is 32.1. The zero-order valence-corrected chi connectivity index (χ0v) is 13.4. The molecule has 0 aliphatic heterocycles. The van der Waals surface area contributed by atoms with Crippen molar-refractivity contribution in [2.75, 3.05) is 13.7 Å². The maximum absolute atomic E-state index is 12.4. The molecule has 110 valence electrons. The van der Waals surface area contributed by atoms with Gasteiger partial charge in [0.25, 0.3) is 5.91 Å². The molecule has 1 amide bonds. The number of aliphatic hydroxyl groups is 1. The minimum Gasteiger partial charge on any atom is -0.384 e. The lowest BCUT2D eigenvalue weighted by atomic mass is 10.2. The van der Waals surface area contributed by atoms with Gasteiger partial charge >= 0.3 is 0 Å². The maximum atomic E-state index is 12.4. The van der Waals surface area contributed by atoms with Crippen molar-refractivity contribution >= 4 is 28.8 Å². The van der Waals surface area contributed by atoms with Gasteiger partial charge < -0.3 is 10.0 Å². The van der Waals surface area contributed by atoms with Gasteiger partial charge in [0.2, 0.25) is 0 Å². The van der Waals surface area contributed by atoms with Gasteiger partial charge in [-0.3, -0.25) is 4.79 Å². The molecule has 7 heteroatoms. The first-order chi connectivity index (χ1) is 10.2. The normalized spacial score (nSPS) is 10.0. The van der Waals surface area contributed by atoms with Crippen LogP contribution in [0.15, 0.2) is 11.4 Å². The Labute approximate surface area is 131 Å². The zero-order chi connectivity index (χ0) is 15.2. The fraction of sp³-hybridized carbons (Fsp3) is 0.357. The van der Waals surface area contributed by atoms with Crippen molar-refractivity contribution in [1.82, 2.24) is 14.5 Å². The Morgan fingerprint density at radius 2 is 2.33 bits per heavy atom. The number of carbonyl (C=O) groups excluding carboxylic acids is 1. The van der Waals surface area contributed by atoms with Crippen LogP contribution in [0.5, 0.6) is 0 Å². The summed E-state index contributed by atoms with van der Waals surface area (Å²) in [5.41, 5.74) is 1.77. The molecular weight excluding hydrogens is 306 g/mol. The molecule has 2 rings (SSSR count). The fourth-order valence-electron chi connectivity index (χ4n) is 1.77. The molecule has 0 radical (unpaired) electrons. The molecule has 0 bridgehead atoms. The number of nitrogens with zero attached hydrogens (tertiary/aromatic N) is 3. The van der Waals surface area contributed by atoms with Crippen molar-refractivity contribution in [2.45, 2.75) is 19.9 Å². The largest absolute Gasteiger partial charge is 0.384 e. The molecular formula is C14H15N3O2S2. The van der Waals surface area contributed by atoms with Crippen LogP contribution < -0.4 is 0 Å². The lowest BCUT2D eigenvalue weighted by molar-refractivity contribution is 0.0788. The van der Waals surface area contributed by atoms with E-state index in [0.29, 0.717) is 17.8 Å². The summed E-state index contributed by atoms with van der Waals surface area (Å²) in [6, 6.07) is 1.93. The van der Waals surface area contributed by atoms with Crippen LogP contribution in [-0.2, 0) is 13.0 Å². The van der Waals surface area contributed by atoms with E-state index in [9.17, 15) is 4.79 Å². The third-order valence-electron chi connectivity index (χ3n) is 2.80. The minimum atomic E-state index is -0.149. The first kappa shape index (κ1) is 15.6. The monoisotopic (exact) mass is 321 g/mol. The molecule has 0 aromatic carbocycles. The number of aromatic nitrogens is 2. The fourth-order valence-corrected chi connectivity index (χ4v) is 3.29. The summed E-state index contributed by atoms with van der Waals surface area (Å²) in [5, 5.41) is 14.6. The Hall–Kier alpha value is -1.75. The Morgan fingerprint density at radius 1 is 1.52 bits per heavy atom. The Bertz CT molecular complexity index is 682. The van der Waals surface area contributed by atoms with E-state index in [1.807, 2.05) is 18.4 Å². The summed E-state index contributed by atoms with van der Waals surface area (Å²) >= 11 is 2.64. The number of aryl methyl sites for hydroxylation is 1. The second kappa shape index (κ2) is 7.31. The van der Waals surface area contributed by atoms with Crippen molar-refractivity contribution in [3.8, 4) is 11.8 Å². The number of hydrogen-bond donors (Lipinski definition) is 1. The molecule has 1 N–H and O–H groups in total. The Balaban J connectivity index is 2.05. The quantitative estimate of drug-likeness (QED) is 0.872. The standard InChI is InChI=1S/C14H15N3O2S2/c1-3-12-13(21-16-15-12)14(19)17(2)8-10-7-11(20-9-10)5-4-6-18/h7,9,18H,3,6,8H2,1-2H3. The maximum Gasteiger partial charge on any atom is 0.267 e. The first-order valence-corrected chi connectivity index (χ1v) is 8.04. The average Bonchev–Trinajstić information content (AvgIpc) is 3.12. The van der Waals surface area contributed by atoms with Crippen molar-refractivity contribution in [3.63, 3.8) is 0 Å². The molecule has 2 aromatic rings. The number of amides is 1. The van der Waals surface area contributed by atoms with Gasteiger partial charge in [-0.05, 0) is 35.0 Å². The summed E-state index contributed by atoms with van der Waals surface area (Å²) in [7, 11) is 1.76. The van der Waals surface area contributed by atoms with Crippen LogP contribution in [0.2, 0.25) is 0 Å². The third-order valence-corrected chi connectivity index (χ3v) is 4.45. The number of rotatable bonds is 4. The second-order valence-electron chi connectivity index (χ2n) is 4.34. The van der Waals surface area contributed by atoms with E-state index >= 15 is 0 Å². The van der Waals surface area contributed by atoms with Gasteiger partial charge in [0, 0.05) is 13.6 Å². The van der Waals surface area contributed by atoms with E-state index in [1.54, 1.807) is 11.9 Å². The van der Waals surface area contributed by atoms with Gasteiger partial charge in [0.05, 0.1) is 10.6 Å². The summed E-state index contributed by atoms with van der Waals surface area (Å²) in [5.74, 6) is 5.41. The van der Waals surface area contributed by atoms with E-state index < -0.39 is 0 Å². The van der Waals surface area contributed by atoms with Gasteiger partial charge in [-0.15, -0.1) is 16.4 Å². The molecule has 0 unspecified atom stereocenters. The Kier molecular flexibility index (Phi) is 5.44. The second-order valence-corrected chi connectivity index (χ2v) is 6.01. The van der Waals surface area contributed by atoms with Crippen LogP contribution in [0.25, 0.3) is 0 Å². The molecule has 0 spiro atoms. The van der Waals surface area contributed by atoms with Crippen LogP contribution in [0.1, 0.15) is 32.7 Å². The van der Waals surface area contributed by atoms with E-state index in [1.165, 1.54) is 11.3 Å². The number of carbonyl (C=O) groups is 1. The average molecular weight is 321 g/mol. The van der Waals surface area contributed by atoms with Gasteiger partial charge in [-0.1, -0.05) is 23.3 Å². The highest BCUT2D eigenvalue weighted by Gasteiger charge is 2.19. The highest BCUT2D eigenvalue weighted by Crippen LogP contribution is 2.18. The van der Waals surface area contributed by atoms with Crippen molar-refractivity contribution in [1.29, 1.82) is 0 Å². The molecule has 0 saturated heterocycles. The van der Waals surface area contributed by atoms with Gasteiger partial charge in [-0.2, -0.15) is 0 Å². The SMILES string of the molecule is CCc1nnsc1C(=O)N(C)Cc1csc(C#CCO)c1. The Morgan fingerprint density at radius 3 is 3.05 bits per heavy atom. The van der Waals surface area contributed by atoms with Crippen molar-refractivity contribution < 1.29 is 9.90 Å². The summed E-state index contributed by atoms with van der Waals surface area (Å²) in [6.07, 6.45) is 0.699. The molecule has 2 aromatic heterocycles. The zero-order valence-electron chi connectivity index (χ0n) is 11.8. The molecule has 21 heavy (non-hydrogen) atoms. The number of thiophene rings is 1. The molecule has 0 aliphatic carbocycles. The van der Waals surface area contributed by atoms with Crippen LogP contribution in [-0.4, -0.2) is 39.2 Å². The topological polar surface area (TPSA) is 66.3 Å². The van der Waals surface area contributed by atoms with E-state index in [2.05, 4.69) is 21.4 Å². The van der Waals surface area contributed by atoms with Crippen molar-refractivity contribution in [2.24, 2.45) is 0 Å². The lowest BCUT2D eigenvalue weighted by Gasteiger charge is -2.15. The smallest absolute Gasteiger partial charge is 0.267 e. The van der Waals surface area contributed by atoms with Crippen molar-refractivity contribution in [3.05, 3.63) is 32.5 Å². The summed E-state index contributed by atoms with van der Waals surface area (Å²) < 4.78 is 3.85. The minimum absolute atomic E-state index is 0.0592. The molecule has 2 heterocycles. The summed E-state index contributed by atoms with van der Waals surface area (Å²) in [4.78, 5) is 15.5. The first-order valence-electron chi connectivity index (χ1n) is 6.39. The van der Waals surface area contributed by atoms with Crippen LogP contribution in [0, 0.1) is 11.8 Å². The van der Waals surface area contributed by atoms with Gasteiger partial charge in [0.1, 0.15) is 11.5 Å². The molecule has 0 atom stereocenters. The van der Waals surface area contributed by atoms with Crippen LogP contribution in [0.3, 0.4) is 0 Å². The van der Waals surface area contributed by atoms with Gasteiger partial charge in [-0.25, -0.2) is 0 Å². The molecule has 0 saturated carbocycles. The third kappa shape index (κ3) is 3.88. The van der Waals surface area contributed by atoms with Gasteiger partial charge in [0.15, 0.2) is 0 Å². The summed E-state index contributed by atoms with van der Waals surface area (Å²) in [6.45, 7) is 2.32.